The van der Waals surface area contributed by atoms with Gasteiger partial charge in [-0.3, -0.25) is 14.9 Å². The number of nitrogens with zero attached hydrogens (tertiary/aromatic N) is 2. The van der Waals surface area contributed by atoms with Crippen molar-refractivity contribution in [1.82, 2.24) is 4.90 Å². The highest BCUT2D eigenvalue weighted by molar-refractivity contribution is 5.98. The number of hydrogen-bond donors (Lipinski definition) is 1. The number of carbonyl (C=O) groups excluding carboxylic acids is 2. The first-order valence-corrected chi connectivity index (χ1v) is 7.97. The largest absolute Gasteiger partial charge is 0.450 e. The second-order valence-corrected chi connectivity index (χ2v) is 6.36. The molecule has 132 valence electrons. The Bertz CT molecular complexity index is 755. The second-order valence-electron chi connectivity index (χ2n) is 6.36. The van der Waals surface area contributed by atoms with Gasteiger partial charge in [0.05, 0.1) is 17.1 Å². The summed E-state index contributed by atoms with van der Waals surface area (Å²) in [5.74, 6) is -0.738. The molecule has 4 atom stereocenters. The zero-order valence-corrected chi connectivity index (χ0v) is 13.8. The first kappa shape index (κ1) is 17.1. The van der Waals surface area contributed by atoms with Crippen LogP contribution in [0.3, 0.4) is 0 Å². The number of nitro benzene ring substituents is 1. The van der Waals surface area contributed by atoms with Gasteiger partial charge < -0.3 is 14.7 Å². The minimum absolute atomic E-state index is 0.000533. The molecule has 0 saturated carbocycles. The SMILES string of the molecule is CC(O)C(OC(=O)C1=CC(C)C2CC(=O)N12)c1ccc([N+](=O)[O-])cc1. The van der Waals surface area contributed by atoms with E-state index in [9.17, 15) is 24.8 Å². The number of carbonyl (C=O) groups is 2. The van der Waals surface area contributed by atoms with Crippen LogP contribution in [0.2, 0.25) is 0 Å². The van der Waals surface area contributed by atoms with Crippen molar-refractivity contribution in [2.45, 2.75) is 38.5 Å². The lowest BCUT2D eigenvalue weighted by Crippen LogP contribution is -2.52. The molecule has 3 rings (SSSR count). The molecule has 25 heavy (non-hydrogen) atoms. The van der Waals surface area contributed by atoms with Crippen molar-refractivity contribution in [1.29, 1.82) is 0 Å². The first-order chi connectivity index (χ1) is 11.8. The number of benzene rings is 1. The van der Waals surface area contributed by atoms with Crippen LogP contribution < -0.4 is 0 Å². The molecule has 2 aliphatic heterocycles. The van der Waals surface area contributed by atoms with Crippen molar-refractivity contribution < 1.29 is 24.4 Å². The molecule has 4 unspecified atom stereocenters. The fourth-order valence-corrected chi connectivity index (χ4v) is 3.19. The third-order valence-electron chi connectivity index (χ3n) is 4.59. The topological polar surface area (TPSA) is 110 Å². The van der Waals surface area contributed by atoms with Crippen LogP contribution in [0.15, 0.2) is 36.0 Å². The van der Waals surface area contributed by atoms with Gasteiger partial charge in [0.25, 0.3) is 5.69 Å². The Morgan fingerprint density at radius 2 is 2.04 bits per heavy atom. The van der Waals surface area contributed by atoms with E-state index in [0.717, 1.165) is 0 Å². The maximum atomic E-state index is 12.5. The van der Waals surface area contributed by atoms with E-state index < -0.39 is 23.1 Å². The Morgan fingerprint density at radius 3 is 2.56 bits per heavy atom. The van der Waals surface area contributed by atoms with Gasteiger partial charge in [-0.2, -0.15) is 0 Å². The lowest BCUT2D eigenvalue weighted by molar-refractivity contribution is -0.384. The van der Waals surface area contributed by atoms with Crippen LogP contribution in [0, 0.1) is 16.0 Å². The molecular formula is C17H18N2O6. The number of aliphatic hydroxyl groups is 1. The van der Waals surface area contributed by atoms with Crippen LogP contribution >= 0.6 is 0 Å². The molecule has 0 radical (unpaired) electrons. The van der Waals surface area contributed by atoms with E-state index >= 15 is 0 Å². The van der Waals surface area contributed by atoms with E-state index in [1.807, 2.05) is 6.92 Å². The van der Waals surface area contributed by atoms with Crippen LogP contribution in [-0.4, -0.2) is 39.0 Å². The zero-order valence-electron chi connectivity index (χ0n) is 13.8. The lowest BCUT2D eigenvalue weighted by Gasteiger charge is -2.38. The van der Waals surface area contributed by atoms with Gasteiger partial charge in [0.2, 0.25) is 5.91 Å². The summed E-state index contributed by atoms with van der Waals surface area (Å²) in [6, 6.07) is 5.44. The number of β-lactam (4-membered cyclic amide) rings is 1. The van der Waals surface area contributed by atoms with Gasteiger partial charge >= 0.3 is 5.97 Å². The molecule has 8 heteroatoms. The fourth-order valence-electron chi connectivity index (χ4n) is 3.19. The molecule has 1 aromatic carbocycles. The van der Waals surface area contributed by atoms with Crippen molar-refractivity contribution in [2.75, 3.05) is 0 Å². The van der Waals surface area contributed by atoms with Gasteiger partial charge in [0.1, 0.15) is 5.70 Å². The molecular weight excluding hydrogens is 328 g/mol. The molecule has 1 saturated heterocycles. The van der Waals surface area contributed by atoms with Crippen molar-refractivity contribution in [2.24, 2.45) is 5.92 Å². The lowest BCUT2D eigenvalue weighted by atomic mass is 9.94. The van der Waals surface area contributed by atoms with Crippen LogP contribution in [0.5, 0.6) is 0 Å². The van der Waals surface area contributed by atoms with E-state index in [1.165, 1.54) is 36.1 Å². The molecule has 1 N–H and O–H groups in total. The molecule has 0 bridgehead atoms. The number of esters is 1. The molecule has 0 aromatic heterocycles. The van der Waals surface area contributed by atoms with E-state index in [4.69, 9.17) is 4.74 Å². The standard InChI is InChI=1S/C17H18N2O6/c1-9-7-14(18-13(9)8-15(18)21)17(22)25-16(10(2)20)11-3-5-12(6-4-11)19(23)24/h3-7,9-10,13,16,20H,8H2,1-2H3. The maximum Gasteiger partial charge on any atom is 0.355 e. The second kappa shape index (κ2) is 6.29. The summed E-state index contributed by atoms with van der Waals surface area (Å²) in [6.07, 6.45) is 0.108. The predicted molar refractivity (Wildman–Crippen MR) is 86.1 cm³/mol. The normalized spacial score (nSPS) is 24.0. The maximum absolute atomic E-state index is 12.5. The number of non-ortho nitro benzene ring substituents is 1. The summed E-state index contributed by atoms with van der Waals surface area (Å²) < 4.78 is 5.41. The van der Waals surface area contributed by atoms with Gasteiger partial charge in [0, 0.05) is 18.6 Å². The van der Waals surface area contributed by atoms with Gasteiger partial charge in [-0.25, -0.2) is 4.79 Å². The molecule has 1 aromatic rings. The minimum Gasteiger partial charge on any atom is -0.450 e. The Labute approximate surface area is 143 Å². The number of ether oxygens (including phenoxy) is 1. The molecule has 1 amide bonds. The van der Waals surface area contributed by atoms with Crippen LogP contribution in [0.1, 0.15) is 31.9 Å². The van der Waals surface area contributed by atoms with E-state index in [2.05, 4.69) is 0 Å². The van der Waals surface area contributed by atoms with E-state index in [1.54, 1.807) is 6.08 Å². The summed E-state index contributed by atoms with van der Waals surface area (Å²) in [4.78, 5) is 35.8. The van der Waals surface area contributed by atoms with Crippen molar-refractivity contribution in [3.8, 4) is 0 Å². The third kappa shape index (κ3) is 3.00. The molecule has 2 aliphatic rings. The number of hydrogen-bond acceptors (Lipinski definition) is 6. The highest BCUT2D eigenvalue weighted by Gasteiger charge is 2.48. The number of fused-ring (bicyclic) bond motifs is 1. The zero-order chi connectivity index (χ0) is 18.3. The molecule has 8 nitrogen and oxygen atoms in total. The van der Waals surface area contributed by atoms with Crippen LogP contribution in [-0.2, 0) is 14.3 Å². The van der Waals surface area contributed by atoms with Gasteiger partial charge in [-0.15, -0.1) is 0 Å². The van der Waals surface area contributed by atoms with Crippen molar-refractivity contribution in [3.63, 3.8) is 0 Å². The Balaban J connectivity index is 1.78. The number of rotatable bonds is 5. The Morgan fingerprint density at radius 1 is 1.40 bits per heavy atom. The van der Waals surface area contributed by atoms with Gasteiger partial charge in [0.15, 0.2) is 6.10 Å². The predicted octanol–water partition coefficient (Wildman–Crippen LogP) is 1.69. The number of aliphatic hydroxyl groups excluding tert-OH is 1. The summed E-state index contributed by atoms with van der Waals surface area (Å²) in [6.45, 7) is 3.38. The number of amides is 1. The average Bonchev–Trinajstić information content (AvgIpc) is 2.83. The summed E-state index contributed by atoms with van der Waals surface area (Å²) in [7, 11) is 0. The molecule has 2 heterocycles. The van der Waals surface area contributed by atoms with Crippen LogP contribution in [0.4, 0.5) is 5.69 Å². The van der Waals surface area contributed by atoms with Crippen molar-refractivity contribution >= 4 is 17.6 Å². The first-order valence-electron chi connectivity index (χ1n) is 7.97. The Hall–Kier alpha value is -2.74. The van der Waals surface area contributed by atoms with E-state index in [-0.39, 0.29) is 29.3 Å². The van der Waals surface area contributed by atoms with Crippen molar-refractivity contribution in [3.05, 3.63) is 51.7 Å². The summed E-state index contributed by atoms with van der Waals surface area (Å²) in [5, 5.41) is 20.7. The smallest absolute Gasteiger partial charge is 0.355 e. The molecule has 1 fully saturated rings. The summed E-state index contributed by atoms with van der Waals surface area (Å²) >= 11 is 0. The highest BCUT2D eigenvalue weighted by atomic mass is 16.6. The minimum atomic E-state index is -1.02. The van der Waals surface area contributed by atoms with E-state index in [0.29, 0.717) is 12.0 Å². The Kier molecular flexibility index (Phi) is 4.30. The summed E-state index contributed by atoms with van der Waals surface area (Å²) in [5.41, 5.74) is 0.536. The quantitative estimate of drug-likeness (QED) is 0.376. The third-order valence-corrected chi connectivity index (χ3v) is 4.59. The number of nitro groups is 1. The van der Waals surface area contributed by atoms with Gasteiger partial charge in [-0.1, -0.05) is 6.92 Å². The average molecular weight is 346 g/mol. The van der Waals surface area contributed by atoms with Gasteiger partial charge in [-0.05, 0) is 36.6 Å². The van der Waals surface area contributed by atoms with Crippen LogP contribution in [0.25, 0.3) is 0 Å². The fraction of sp³-hybridized carbons (Fsp3) is 0.412. The molecule has 0 aliphatic carbocycles. The molecule has 0 spiro atoms. The highest BCUT2D eigenvalue weighted by Crippen LogP contribution is 2.38. The monoisotopic (exact) mass is 346 g/mol.